The Labute approximate surface area is 170 Å². The average Bonchev–Trinajstić information content (AvgIpc) is 2.66. The van der Waals surface area contributed by atoms with Gasteiger partial charge in [0, 0.05) is 12.8 Å². The normalized spacial score (nSPS) is 15.5. The molecule has 3 rings (SSSR count). The number of piperidine rings is 1. The fraction of sp³-hybridized carbons (Fsp3) is 0.350. The van der Waals surface area contributed by atoms with E-state index >= 15 is 0 Å². The van der Waals surface area contributed by atoms with Crippen LogP contribution in [0.1, 0.15) is 12.8 Å². The van der Waals surface area contributed by atoms with Crippen molar-refractivity contribution in [3.63, 3.8) is 0 Å². The lowest BCUT2D eigenvalue weighted by atomic mass is 9.78. The fourth-order valence-corrected chi connectivity index (χ4v) is 3.32. The lowest BCUT2D eigenvalue weighted by Crippen LogP contribution is -2.47. The Morgan fingerprint density at radius 2 is 1.81 bits per heavy atom. The molecule has 1 saturated heterocycles. The first-order valence-electron chi connectivity index (χ1n) is 8.66. The van der Waals surface area contributed by atoms with Crippen molar-refractivity contribution < 1.29 is 14.3 Å². The van der Waals surface area contributed by atoms with E-state index in [0.717, 1.165) is 31.6 Å². The number of hydrogen-bond donors (Lipinski definition) is 2. The highest BCUT2D eigenvalue weighted by atomic mass is 35.5. The van der Waals surface area contributed by atoms with Gasteiger partial charge in [-0.15, -0.1) is 12.4 Å². The number of carbonyl (C=O) groups excluding carboxylic acids is 1. The zero-order chi connectivity index (χ0) is 18.4. The fourth-order valence-electron chi connectivity index (χ4n) is 3.14. The third-order valence-electron chi connectivity index (χ3n) is 4.64. The maximum absolute atomic E-state index is 12.8. The van der Waals surface area contributed by atoms with Crippen molar-refractivity contribution in [3.05, 3.63) is 53.6 Å². The number of para-hydroxylation sites is 1. The second-order valence-corrected chi connectivity index (χ2v) is 6.88. The van der Waals surface area contributed by atoms with Crippen LogP contribution >= 0.6 is 24.0 Å². The van der Waals surface area contributed by atoms with Crippen molar-refractivity contribution in [1.82, 2.24) is 5.32 Å². The quantitative estimate of drug-likeness (QED) is 0.735. The average molecular weight is 411 g/mol. The predicted molar refractivity (Wildman–Crippen MR) is 110 cm³/mol. The Morgan fingerprint density at radius 1 is 1.15 bits per heavy atom. The molecule has 2 aromatic rings. The molecule has 1 aliphatic heterocycles. The topological polar surface area (TPSA) is 59.6 Å². The first kappa shape index (κ1) is 21.5. The number of anilines is 1. The molecule has 0 aliphatic carbocycles. The highest BCUT2D eigenvalue weighted by Crippen LogP contribution is 2.32. The van der Waals surface area contributed by atoms with Crippen LogP contribution in [0.2, 0.25) is 5.02 Å². The zero-order valence-corrected chi connectivity index (χ0v) is 16.7. The van der Waals surface area contributed by atoms with Gasteiger partial charge in [0.1, 0.15) is 11.5 Å². The maximum Gasteiger partial charge on any atom is 0.233 e. The summed E-state index contributed by atoms with van der Waals surface area (Å²) in [4.78, 5) is 12.8. The van der Waals surface area contributed by atoms with Crippen molar-refractivity contribution in [1.29, 1.82) is 0 Å². The molecule has 2 N–H and O–H groups in total. The van der Waals surface area contributed by atoms with Crippen molar-refractivity contribution in [2.45, 2.75) is 12.8 Å². The lowest BCUT2D eigenvalue weighted by Gasteiger charge is -2.35. The van der Waals surface area contributed by atoms with Gasteiger partial charge in [-0.25, -0.2) is 0 Å². The number of rotatable bonds is 6. The standard InChI is InChI=1S/C20H23ClN2O3.ClH/c1-25-14-20(10-12-22-13-11-20)19(24)23-15-6-8-16(9-7-15)26-18-5-3-2-4-17(18)21;/h2-9,22H,10-14H2,1H3,(H,23,24);1H. The minimum Gasteiger partial charge on any atom is -0.456 e. The van der Waals surface area contributed by atoms with Crippen LogP contribution in [0.5, 0.6) is 11.5 Å². The van der Waals surface area contributed by atoms with Gasteiger partial charge >= 0.3 is 0 Å². The Kier molecular flexibility index (Phi) is 7.92. The van der Waals surface area contributed by atoms with Crippen LogP contribution in [0, 0.1) is 5.41 Å². The molecule has 1 amide bonds. The van der Waals surface area contributed by atoms with Gasteiger partial charge in [0.25, 0.3) is 0 Å². The molecule has 0 bridgehead atoms. The second kappa shape index (κ2) is 9.95. The molecule has 0 atom stereocenters. The summed E-state index contributed by atoms with van der Waals surface area (Å²) in [6.45, 7) is 2.07. The van der Waals surface area contributed by atoms with Gasteiger partial charge < -0.3 is 20.1 Å². The van der Waals surface area contributed by atoms with Crippen LogP contribution in [-0.2, 0) is 9.53 Å². The number of halogens is 2. The van der Waals surface area contributed by atoms with E-state index in [2.05, 4.69) is 10.6 Å². The first-order valence-corrected chi connectivity index (χ1v) is 9.04. The maximum atomic E-state index is 12.8. The molecule has 2 aromatic carbocycles. The Hall–Kier alpha value is -1.79. The van der Waals surface area contributed by atoms with E-state index in [1.54, 1.807) is 13.2 Å². The number of amides is 1. The third kappa shape index (κ3) is 5.36. The number of hydrogen-bond acceptors (Lipinski definition) is 4. The highest BCUT2D eigenvalue weighted by molar-refractivity contribution is 6.32. The zero-order valence-electron chi connectivity index (χ0n) is 15.2. The SMILES string of the molecule is COCC1(C(=O)Nc2ccc(Oc3ccccc3Cl)cc2)CCNCC1.Cl. The summed E-state index contributed by atoms with van der Waals surface area (Å²) >= 11 is 6.11. The molecule has 146 valence electrons. The summed E-state index contributed by atoms with van der Waals surface area (Å²) in [6.07, 6.45) is 1.53. The monoisotopic (exact) mass is 410 g/mol. The van der Waals surface area contributed by atoms with E-state index in [4.69, 9.17) is 21.1 Å². The third-order valence-corrected chi connectivity index (χ3v) is 4.95. The number of methoxy groups -OCH3 is 1. The van der Waals surface area contributed by atoms with Crippen LogP contribution < -0.4 is 15.4 Å². The summed E-state index contributed by atoms with van der Waals surface area (Å²) in [5.74, 6) is 1.25. The predicted octanol–water partition coefficient (Wildman–Crippen LogP) is 4.51. The van der Waals surface area contributed by atoms with E-state index < -0.39 is 5.41 Å². The van der Waals surface area contributed by atoms with Gasteiger partial charge in [-0.3, -0.25) is 4.79 Å². The Morgan fingerprint density at radius 3 is 2.44 bits per heavy atom. The van der Waals surface area contributed by atoms with Crippen LogP contribution in [0.15, 0.2) is 48.5 Å². The minimum atomic E-state index is -0.479. The van der Waals surface area contributed by atoms with Gasteiger partial charge in [-0.05, 0) is 62.3 Å². The van der Waals surface area contributed by atoms with Crippen LogP contribution in [0.25, 0.3) is 0 Å². The summed E-state index contributed by atoms with van der Waals surface area (Å²) in [5.41, 5.74) is 0.253. The van der Waals surface area contributed by atoms with Crippen molar-refractivity contribution in [2.75, 3.05) is 32.1 Å². The Bertz CT molecular complexity index is 742. The Balaban J connectivity index is 0.00000261. The van der Waals surface area contributed by atoms with Gasteiger partial charge in [0.05, 0.1) is 17.0 Å². The van der Waals surface area contributed by atoms with Gasteiger partial charge in [0.15, 0.2) is 0 Å². The molecule has 27 heavy (non-hydrogen) atoms. The molecule has 1 fully saturated rings. The molecule has 0 saturated carbocycles. The first-order chi connectivity index (χ1) is 12.6. The molecule has 5 nitrogen and oxygen atoms in total. The highest BCUT2D eigenvalue weighted by Gasteiger charge is 2.39. The minimum absolute atomic E-state index is 0. The van der Waals surface area contributed by atoms with E-state index in [0.29, 0.717) is 23.1 Å². The molecule has 0 unspecified atom stereocenters. The largest absolute Gasteiger partial charge is 0.456 e. The van der Waals surface area contributed by atoms with E-state index in [1.807, 2.05) is 42.5 Å². The molecule has 0 aromatic heterocycles. The van der Waals surface area contributed by atoms with Crippen LogP contribution in [0.3, 0.4) is 0 Å². The van der Waals surface area contributed by atoms with Gasteiger partial charge in [0.2, 0.25) is 5.91 Å². The second-order valence-electron chi connectivity index (χ2n) is 6.47. The van der Waals surface area contributed by atoms with Crippen LogP contribution in [-0.4, -0.2) is 32.7 Å². The van der Waals surface area contributed by atoms with E-state index in [-0.39, 0.29) is 18.3 Å². The number of benzene rings is 2. The molecule has 7 heteroatoms. The summed E-state index contributed by atoms with van der Waals surface area (Å²) in [6, 6.07) is 14.6. The molecule has 1 aliphatic rings. The van der Waals surface area contributed by atoms with Gasteiger partial charge in [-0.2, -0.15) is 0 Å². The van der Waals surface area contributed by atoms with Crippen molar-refractivity contribution in [3.8, 4) is 11.5 Å². The number of ether oxygens (including phenoxy) is 2. The van der Waals surface area contributed by atoms with E-state index in [1.165, 1.54) is 0 Å². The molecule has 0 spiro atoms. The van der Waals surface area contributed by atoms with Crippen LogP contribution in [0.4, 0.5) is 5.69 Å². The summed E-state index contributed by atoms with van der Waals surface area (Å²) in [5, 5.41) is 6.85. The number of nitrogens with one attached hydrogen (secondary N) is 2. The number of carbonyl (C=O) groups is 1. The smallest absolute Gasteiger partial charge is 0.233 e. The molecular weight excluding hydrogens is 387 g/mol. The molecule has 0 radical (unpaired) electrons. The molecule has 1 heterocycles. The molecular formula is C20H24Cl2N2O3. The van der Waals surface area contributed by atoms with Crippen molar-refractivity contribution >= 4 is 35.6 Å². The van der Waals surface area contributed by atoms with Gasteiger partial charge in [-0.1, -0.05) is 23.7 Å². The van der Waals surface area contributed by atoms with E-state index in [9.17, 15) is 4.79 Å². The summed E-state index contributed by atoms with van der Waals surface area (Å²) < 4.78 is 11.1. The van der Waals surface area contributed by atoms with Crippen molar-refractivity contribution in [2.24, 2.45) is 5.41 Å². The summed E-state index contributed by atoms with van der Waals surface area (Å²) in [7, 11) is 1.64. The lowest BCUT2D eigenvalue weighted by molar-refractivity contribution is -0.130.